The molecule has 1 N–H and O–H groups in total. The molecule has 1 aliphatic carbocycles. The quantitative estimate of drug-likeness (QED) is 0.814. The number of hydrogen-bond acceptors (Lipinski definition) is 2. The van der Waals surface area contributed by atoms with E-state index in [4.69, 9.17) is 4.74 Å². The average Bonchev–Trinajstić information content (AvgIpc) is 3.03. The van der Waals surface area contributed by atoms with Crippen LogP contribution in [-0.2, 0) is 0 Å². The van der Waals surface area contributed by atoms with E-state index in [1.807, 2.05) is 18.2 Å². The molecular formula is C19H18FNO. The van der Waals surface area contributed by atoms with Crippen molar-refractivity contribution in [1.82, 2.24) is 0 Å². The van der Waals surface area contributed by atoms with E-state index in [1.54, 1.807) is 19.2 Å². The smallest absolute Gasteiger partial charge is 0.142 e. The number of para-hydroxylation sites is 1. The molecule has 2 aliphatic rings. The molecule has 0 aromatic heterocycles. The van der Waals surface area contributed by atoms with Gasteiger partial charge in [-0.1, -0.05) is 36.4 Å². The highest BCUT2D eigenvalue weighted by molar-refractivity contribution is 5.67. The molecule has 0 saturated heterocycles. The van der Waals surface area contributed by atoms with Crippen molar-refractivity contribution < 1.29 is 9.13 Å². The van der Waals surface area contributed by atoms with Crippen LogP contribution in [0.2, 0.25) is 0 Å². The molecule has 1 heterocycles. The molecule has 112 valence electrons. The molecule has 0 unspecified atom stereocenters. The summed E-state index contributed by atoms with van der Waals surface area (Å²) >= 11 is 0. The van der Waals surface area contributed by atoms with Gasteiger partial charge < -0.3 is 10.1 Å². The summed E-state index contributed by atoms with van der Waals surface area (Å²) in [5, 5.41) is 3.60. The average molecular weight is 295 g/mol. The Hall–Kier alpha value is -2.29. The third kappa shape index (κ3) is 2.00. The van der Waals surface area contributed by atoms with Crippen LogP contribution in [0.3, 0.4) is 0 Å². The maximum absolute atomic E-state index is 13.6. The zero-order valence-corrected chi connectivity index (χ0v) is 12.4. The molecule has 2 nitrogen and oxygen atoms in total. The van der Waals surface area contributed by atoms with Crippen molar-refractivity contribution in [3.8, 4) is 5.75 Å². The third-order valence-corrected chi connectivity index (χ3v) is 4.79. The second kappa shape index (κ2) is 5.16. The minimum Gasteiger partial charge on any atom is -0.495 e. The van der Waals surface area contributed by atoms with E-state index in [0.29, 0.717) is 11.8 Å². The van der Waals surface area contributed by atoms with Crippen molar-refractivity contribution in [2.24, 2.45) is 5.92 Å². The number of hydrogen-bond donors (Lipinski definition) is 1. The van der Waals surface area contributed by atoms with Crippen molar-refractivity contribution in [3.63, 3.8) is 0 Å². The third-order valence-electron chi connectivity index (χ3n) is 4.79. The van der Waals surface area contributed by atoms with Crippen LogP contribution in [0.15, 0.2) is 54.6 Å². The lowest BCUT2D eigenvalue weighted by molar-refractivity contribution is 0.396. The minimum atomic E-state index is -0.187. The first-order valence-corrected chi connectivity index (χ1v) is 7.63. The van der Waals surface area contributed by atoms with E-state index < -0.39 is 0 Å². The SMILES string of the molecule is COc1cccc2c1N[C@H](c1cccc(F)c1)[C@@H]1CC=C[C@H]21. The summed E-state index contributed by atoms with van der Waals surface area (Å²) < 4.78 is 19.1. The minimum absolute atomic E-state index is 0.0968. The number of halogens is 1. The van der Waals surface area contributed by atoms with Crippen LogP contribution < -0.4 is 10.1 Å². The number of ether oxygens (including phenoxy) is 1. The number of methoxy groups -OCH3 is 1. The maximum atomic E-state index is 13.6. The van der Waals surface area contributed by atoms with Gasteiger partial charge in [-0.15, -0.1) is 0 Å². The van der Waals surface area contributed by atoms with Crippen LogP contribution in [0.4, 0.5) is 10.1 Å². The number of nitrogens with one attached hydrogen (secondary N) is 1. The van der Waals surface area contributed by atoms with E-state index >= 15 is 0 Å². The fourth-order valence-electron chi connectivity index (χ4n) is 3.79. The van der Waals surface area contributed by atoms with Gasteiger partial charge >= 0.3 is 0 Å². The van der Waals surface area contributed by atoms with Crippen LogP contribution in [-0.4, -0.2) is 7.11 Å². The van der Waals surface area contributed by atoms with Gasteiger partial charge in [-0.2, -0.15) is 0 Å². The van der Waals surface area contributed by atoms with Gasteiger partial charge in [-0.25, -0.2) is 4.39 Å². The molecule has 0 radical (unpaired) electrons. The first kappa shape index (κ1) is 13.4. The lowest BCUT2D eigenvalue weighted by Gasteiger charge is -2.38. The Morgan fingerprint density at radius 2 is 2.05 bits per heavy atom. The molecule has 3 heteroatoms. The van der Waals surface area contributed by atoms with Gasteiger partial charge in [0.05, 0.1) is 18.8 Å². The first-order chi connectivity index (χ1) is 10.8. The number of anilines is 1. The lowest BCUT2D eigenvalue weighted by Crippen LogP contribution is -2.29. The highest BCUT2D eigenvalue weighted by Gasteiger charge is 2.38. The molecule has 0 spiro atoms. The highest BCUT2D eigenvalue weighted by Crippen LogP contribution is 2.52. The summed E-state index contributed by atoms with van der Waals surface area (Å²) in [7, 11) is 1.69. The fourth-order valence-corrected chi connectivity index (χ4v) is 3.79. The van der Waals surface area contributed by atoms with Crippen molar-refractivity contribution in [3.05, 3.63) is 71.6 Å². The van der Waals surface area contributed by atoms with Crippen LogP contribution in [0.25, 0.3) is 0 Å². The second-order valence-electron chi connectivity index (χ2n) is 5.96. The Kier molecular flexibility index (Phi) is 3.14. The highest BCUT2D eigenvalue weighted by atomic mass is 19.1. The summed E-state index contributed by atoms with van der Waals surface area (Å²) in [6.07, 6.45) is 5.52. The van der Waals surface area contributed by atoms with E-state index in [-0.39, 0.29) is 11.9 Å². The second-order valence-corrected chi connectivity index (χ2v) is 5.96. The summed E-state index contributed by atoms with van der Waals surface area (Å²) in [6.45, 7) is 0. The number of rotatable bonds is 2. The Bertz CT molecular complexity index is 740. The van der Waals surface area contributed by atoms with Crippen molar-refractivity contribution in [2.75, 3.05) is 12.4 Å². The van der Waals surface area contributed by atoms with Gasteiger partial charge in [0.25, 0.3) is 0 Å². The maximum Gasteiger partial charge on any atom is 0.142 e. The van der Waals surface area contributed by atoms with Gasteiger partial charge in [0.1, 0.15) is 11.6 Å². The van der Waals surface area contributed by atoms with Gasteiger partial charge in [0.2, 0.25) is 0 Å². The van der Waals surface area contributed by atoms with Crippen molar-refractivity contribution >= 4 is 5.69 Å². The standard InChI is InChI=1S/C19H18FNO/c1-22-17-10-4-9-16-14-7-3-8-15(14)18(21-19(16)17)12-5-2-6-13(20)11-12/h2-7,9-11,14-15,18,21H,8H2,1H3/t14-,15+,18+/m0/s1. The zero-order chi connectivity index (χ0) is 15.1. The summed E-state index contributed by atoms with van der Waals surface area (Å²) in [6, 6.07) is 13.1. The molecule has 4 rings (SSSR count). The molecule has 1 aliphatic heterocycles. The number of fused-ring (bicyclic) bond motifs is 3. The van der Waals surface area contributed by atoms with Crippen LogP contribution >= 0.6 is 0 Å². The van der Waals surface area contributed by atoms with Crippen LogP contribution in [0.1, 0.15) is 29.5 Å². The molecular weight excluding hydrogens is 277 g/mol. The molecule has 3 atom stereocenters. The summed E-state index contributed by atoms with van der Waals surface area (Å²) in [5.74, 6) is 1.44. The Labute approximate surface area is 129 Å². The topological polar surface area (TPSA) is 21.3 Å². The molecule has 2 aromatic rings. The molecule has 0 saturated carbocycles. The van der Waals surface area contributed by atoms with Crippen LogP contribution in [0.5, 0.6) is 5.75 Å². The molecule has 2 aromatic carbocycles. The van der Waals surface area contributed by atoms with E-state index in [2.05, 4.69) is 23.5 Å². The number of benzene rings is 2. The lowest BCUT2D eigenvalue weighted by atomic mass is 9.77. The molecule has 0 bridgehead atoms. The Balaban J connectivity index is 1.83. The van der Waals surface area contributed by atoms with Gasteiger partial charge in [-0.3, -0.25) is 0 Å². The van der Waals surface area contributed by atoms with Gasteiger partial charge in [0, 0.05) is 5.92 Å². The predicted molar refractivity (Wildman–Crippen MR) is 85.7 cm³/mol. The van der Waals surface area contributed by atoms with E-state index in [1.165, 1.54) is 11.6 Å². The molecule has 0 fully saturated rings. The predicted octanol–water partition coefficient (Wildman–Crippen LogP) is 4.66. The van der Waals surface area contributed by atoms with Crippen molar-refractivity contribution in [2.45, 2.75) is 18.4 Å². The summed E-state index contributed by atoms with van der Waals surface area (Å²) in [4.78, 5) is 0. The first-order valence-electron chi connectivity index (χ1n) is 7.63. The van der Waals surface area contributed by atoms with E-state index in [0.717, 1.165) is 23.4 Å². The largest absolute Gasteiger partial charge is 0.495 e. The van der Waals surface area contributed by atoms with Gasteiger partial charge in [-0.05, 0) is 41.7 Å². The zero-order valence-electron chi connectivity index (χ0n) is 12.4. The molecule has 0 amide bonds. The Morgan fingerprint density at radius 1 is 1.18 bits per heavy atom. The van der Waals surface area contributed by atoms with E-state index in [9.17, 15) is 4.39 Å². The van der Waals surface area contributed by atoms with Crippen LogP contribution in [0, 0.1) is 11.7 Å². The van der Waals surface area contributed by atoms with Crippen molar-refractivity contribution in [1.29, 1.82) is 0 Å². The normalized spacial score (nSPS) is 25.3. The monoisotopic (exact) mass is 295 g/mol. The number of allylic oxidation sites excluding steroid dienone is 2. The molecule has 22 heavy (non-hydrogen) atoms. The fraction of sp³-hybridized carbons (Fsp3) is 0.263. The summed E-state index contributed by atoms with van der Waals surface area (Å²) in [5.41, 5.74) is 3.30. The van der Waals surface area contributed by atoms with Gasteiger partial charge in [0.15, 0.2) is 0 Å². The Morgan fingerprint density at radius 3 is 2.86 bits per heavy atom.